The smallest absolute Gasteiger partial charge is 0.261 e. The van der Waals surface area contributed by atoms with Crippen LogP contribution in [0.25, 0.3) is 10.2 Å². The number of carbonyl (C=O) groups excluding carboxylic acids is 1. The summed E-state index contributed by atoms with van der Waals surface area (Å²) in [6.45, 7) is 1.88. The van der Waals surface area contributed by atoms with Crippen LogP contribution in [0.3, 0.4) is 0 Å². The Kier molecular flexibility index (Phi) is 5.59. The molecular formula is C21H16BrN3O3S2. The van der Waals surface area contributed by atoms with Crippen LogP contribution in [0.2, 0.25) is 0 Å². The second kappa shape index (κ2) is 8.17. The molecule has 4 rings (SSSR count). The second-order valence-electron chi connectivity index (χ2n) is 6.56. The van der Waals surface area contributed by atoms with Gasteiger partial charge in [0.2, 0.25) is 0 Å². The first kappa shape index (κ1) is 20.5. The van der Waals surface area contributed by atoms with Crippen molar-refractivity contribution in [3.8, 4) is 0 Å². The Morgan fingerprint density at radius 3 is 2.50 bits per heavy atom. The number of benzene rings is 3. The van der Waals surface area contributed by atoms with E-state index in [1.807, 2.05) is 25.1 Å². The summed E-state index contributed by atoms with van der Waals surface area (Å²) in [4.78, 5) is 17.3. The van der Waals surface area contributed by atoms with E-state index in [0.29, 0.717) is 16.4 Å². The molecule has 0 aliphatic rings. The van der Waals surface area contributed by atoms with Crippen molar-refractivity contribution in [1.82, 2.24) is 4.98 Å². The Bertz CT molecular complexity index is 1350. The lowest BCUT2D eigenvalue weighted by Crippen LogP contribution is -2.15. The van der Waals surface area contributed by atoms with E-state index in [1.165, 1.54) is 17.4 Å². The summed E-state index contributed by atoms with van der Waals surface area (Å²) < 4.78 is 29.5. The fourth-order valence-electron chi connectivity index (χ4n) is 2.79. The van der Waals surface area contributed by atoms with Crippen molar-refractivity contribution in [3.05, 3.63) is 82.3 Å². The number of aryl methyl sites for hydroxylation is 1. The van der Waals surface area contributed by atoms with Gasteiger partial charge in [-0.3, -0.25) is 14.8 Å². The first-order chi connectivity index (χ1) is 14.3. The quantitative estimate of drug-likeness (QED) is 0.382. The second-order valence-corrected chi connectivity index (χ2v) is 10.1. The Balaban J connectivity index is 1.54. The van der Waals surface area contributed by atoms with Gasteiger partial charge in [0.15, 0.2) is 5.13 Å². The average Bonchev–Trinajstić information content (AvgIpc) is 3.12. The standard InChI is InChI=1S/C21H16BrN3O3S2/c1-13-8-10-16(11-9-13)30(27,28)25-15-5-2-4-14(12-15)20(26)24-21-23-19-17(22)6-3-7-18(19)29-21/h2-12,25H,1H3,(H,23,24,26). The molecule has 0 saturated heterocycles. The zero-order valence-corrected chi connectivity index (χ0v) is 18.9. The predicted molar refractivity (Wildman–Crippen MR) is 124 cm³/mol. The summed E-state index contributed by atoms with van der Waals surface area (Å²) in [7, 11) is -3.75. The number of sulfonamides is 1. The molecule has 1 aromatic heterocycles. The van der Waals surface area contributed by atoms with E-state index in [1.54, 1.807) is 42.5 Å². The number of hydrogen-bond acceptors (Lipinski definition) is 5. The number of thiazole rings is 1. The summed E-state index contributed by atoms with van der Waals surface area (Å²) in [6.07, 6.45) is 0. The molecule has 30 heavy (non-hydrogen) atoms. The number of halogens is 1. The largest absolute Gasteiger partial charge is 0.298 e. The van der Waals surface area contributed by atoms with Crippen molar-refractivity contribution >= 4 is 64.2 Å². The van der Waals surface area contributed by atoms with Gasteiger partial charge >= 0.3 is 0 Å². The number of nitrogens with zero attached hydrogens (tertiary/aromatic N) is 1. The van der Waals surface area contributed by atoms with Gasteiger partial charge in [0.1, 0.15) is 0 Å². The summed E-state index contributed by atoms with van der Waals surface area (Å²) in [6, 6.07) is 18.6. The van der Waals surface area contributed by atoms with Gasteiger partial charge in [-0.05, 0) is 65.3 Å². The van der Waals surface area contributed by atoms with E-state index in [-0.39, 0.29) is 10.8 Å². The molecule has 1 amide bonds. The van der Waals surface area contributed by atoms with Gasteiger partial charge in [0.25, 0.3) is 15.9 Å². The minimum atomic E-state index is -3.75. The lowest BCUT2D eigenvalue weighted by Gasteiger charge is -2.10. The third-order valence-electron chi connectivity index (χ3n) is 4.30. The molecule has 0 radical (unpaired) electrons. The van der Waals surface area contributed by atoms with Gasteiger partial charge < -0.3 is 0 Å². The summed E-state index contributed by atoms with van der Waals surface area (Å²) in [5.74, 6) is -0.374. The molecule has 1 heterocycles. The first-order valence-corrected chi connectivity index (χ1v) is 12.0. The minimum Gasteiger partial charge on any atom is -0.298 e. The molecule has 0 aliphatic heterocycles. The lowest BCUT2D eigenvalue weighted by molar-refractivity contribution is 0.102. The highest BCUT2D eigenvalue weighted by Gasteiger charge is 2.16. The number of anilines is 2. The van der Waals surface area contributed by atoms with E-state index in [4.69, 9.17) is 0 Å². The first-order valence-electron chi connectivity index (χ1n) is 8.88. The van der Waals surface area contributed by atoms with Gasteiger partial charge in [-0.25, -0.2) is 13.4 Å². The molecule has 9 heteroatoms. The van der Waals surface area contributed by atoms with Gasteiger partial charge in [-0.1, -0.05) is 41.2 Å². The number of nitrogens with one attached hydrogen (secondary N) is 2. The number of fused-ring (bicyclic) bond motifs is 1. The van der Waals surface area contributed by atoms with E-state index < -0.39 is 10.0 Å². The maximum Gasteiger partial charge on any atom is 0.261 e. The summed E-state index contributed by atoms with van der Waals surface area (Å²) in [5, 5.41) is 3.24. The molecule has 0 fully saturated rings. The Morgan fingerprint density at radius 2 is 1.77 bits per heavy atom. The Labute approximate surface area is 186 Å². The Hall–Kier alpha value is -2.75. The van der Waals surface area contributed by atoms with E-state index in [0.717, 1.165) is 20.3 Å². The molecule has 0 aliphatic carbocycles. The molecule has 0 bridgehead atoms. The van der Waals surface area contributed by atoms with Crippen molar-refractivity contribution in [1.29, 1.82) is 0 Å². The number of aromatic nitrogens is 1. The monoisotopic (exact) mass is 501 g/mol. The zero-order chi connectivity index (χ0) is 21.3. The van der Waals surface area contributed by atoms with Crippen molar-refractivity contribution in [3.63, 3.8) is 0 Å². The zero-order valence-electron chi connectivity index (χ0n) is 15.7. The number of rotatable bonds is 5. The molecule has 2 N–H and O–H groups in total. The van der Waals surface area contributed by atoms with Gasteiger partial charge in [-0.2, -0.15) is 0 Å². The van der Waals surface area contributed by atoms with Crippen LogP contribution in [0.15, 0.2) is 76.1 Å². The van der Waals surface area contributed by atoms with Crippen LogP contribution in [-0.4, -0.2) is 19.3 Å². The number of carbonyl (C=O) groups is 1. The van der Waals surface area contributed by atoms with Gasteiger partial charge in [0, 0.05) is 15.7 Å². The highest BCUT2D eigenvalue weighted by Crippen LogP contribution is 2.31. The fourth-order valence-corrected chi connectivity index (χ4v) is 5.32. The molecule has 0 spiro atoms. The predicted octanol–water partition coefficient (Wildman–Crippen LogP) is 5.42. The van der Waals surface area contributed by atoms with Crippen molar-refractivity contribution < 1.29 is 13.2 Å². The number of para-hydroxylation sites is 1. The SMILES string of the molecule is Cc1ccc(S(=O)(=O)Nc2cccc(C(=O)Nc3nc4c(Br)cccc4s3)c2)cc1. The normalized spacial score (nSPS) is 11.4. The van der Waals surface area contributed by atoms with Crippen LogP contribution >= 0.6 is 27.3 Å². The van der Waals surface area contributed by atoms with Crippen molar-refractivity contribution in [2.24, 2.45) is 0 Å². The van der Waals surface area contributed by atoms with Crippen LogP contribution in [0, 0.1) is 6.92 Å². The van der Waals surface area contributed by atoms with E-state index in [2.05, 4.69) is 31.0 Å². The number of hydrogen-bond donors (Lipinski definition) is 2. The van der Waals surface area contributed by atoms with Crippen LogP contribution in [0.5, 0.6) is 0 Å². The van der Waals surface area contributed by atoms with E-state index in [9.17, 15) is 13.2 Å². The molecule has 0 unspecified atom stereocenters. The van der Waals surface area contributed by atoms with Crippen LogP contribution in [-0.2, 0) is 10.0 Å². The van der Waals surface area contributed by atoms with Crippen LogP contribution in [0.1, 0.15) is 15.9 Å². The van der Waals surface area contributed by atoms with Crippen molar-refractivity contribution in [2.75, 3.05) is 10.0 Å². The molecule has 4 aromatic rings. The molecule has 6 nitrogen and oxygen atoms in total. The Morgan fingerprint density at radius 1 is 1.03 bits per heavy atom. The molecule has 0 saturated carbocycles. The molecule has 3 aromatic carbocycles. The highest BCUT2D eigenvalue weighted by molar-refractivity contribution is 9.10. The average molecular weight is 502 g/mol. The highest BCUT2D eigenvalue weighted by atomic mass is 79.9. The topological polar surface area (TPSA) is 88.2 Å². The third-order valence-corrected chi connectivity index (χ3v) is 7.27. The molecular weight excluding hydrogens is 486 g/mol. The third kappa shape index (κ3) is 4.38. The maximum absolute atomic E-state index is 12.7. The summed E-state index contributed by atoms with van der Waals surface area (Å²) in [5.41, 5.74) is 2.36. The molecule has 152 valence electrons. The van der Waals surface area contributed by atoms with Gasteiger partial charge in [-0.15, -0.1) is 0 Å². The fraction of sp³-hybridized carbons (Fsp3) is 0.0476. The lowest BCUT2D eigenvalue weighted by atomic mass is 10.2. The molecule has 0 atom stereocenters. The van der Waals surface area contributed by atoms with Gasteiger partial charge in [0.05, 0.1) is 15.1 Å². The maximum atomic E-state index is 12.7. The number of amides is 1. The summed E-state index contributed by atoms with van der Waals surface area (Å²) >= 11 is 4.81. The van der Waals surface area contributed by atoms with Crippen molar-refractivity contribution in [2.45, 2.75) is 11.8 Å². The minimum absolute atomic E-state index is 0.156. The van der Waals surface area contributed by atoms with Crippen LogP contribution < -0.4 is 10.0 Å². The van der Waals surface area contributed by atoms with Crippen LogP contribution in [0.4, 0.5) is 10.8 Å². The van der Waals surface area contributed by atoms with E-state index >= 15 is 0 Å².